The highest BCUT2D eigenvalue weighted by Crippen LogP contribution is 2.42. The highest BCUT2D eigenvalue weighted by molar-refractivity contribution is 6.30. The van der Waals surface area contributed by atoms with Gasteiger partial charge >= 0.3 is 5.97 Å². The molecule has 0 spiro atoms. The van der Waals surface area contributed by atoms with E-state index in [1.807, 2.05) is 48.5 Å². The summed E-state index contributed by atoms with van der Waals surface area (Å²) in [6, 6.07) is 15.9. The van der Waals surface area contributed by atoms with Crippen molar-refractivity contribution in [1.82, 2.24) is 4.90 Å². The Kier molecular flexibility index (Phi) is 6.16. The molecule has 6 heteroatoms. The lowest BCUT2D eigenvalue weighted by atomic mass is 9.87. The molecule has 2 bridgehead atoms. The van der Waals surface area contributed by atoms with E-state index in [2.05, 4.69) is 11.9 Å². The largest absolute Gasteiger partial charge is 0.469 e. The van der Waals surface area contributed by atoms with Crippen LogP contribution in [0, 0.1) is 5.92 Å². The number of halogens is 2. The Bertz CT molecular complexity index is 810. The Hall–Kier alpha value is -1.59. The van der Waals surface area contributed by atoms with Gasteiger partial charge in [0.15, 0.2) is 0 Å². The molecule has 2 aromatic carbocycles. The smallest absolute Gasteiger partial charge is 0.312 e. The van der Waals surface area contributed by atoms with Crippen molar-refractivity contribution in [3.05, 3.63) is 69.7 Å². The molecule has 0 aliphatic carbocycles. The zero-order valence-corrected chi connectivity index (χ0v) is 18.1. The van der Waals surface area contributed by atoms with Crippen LogP contribution in [-0.2, 0) is 14.3 Å². The van der Waals surface area contributed by atoms with Gasteiger partial charge in [0.25, 0.3) is 0 Å². The quantitative estimate of drug-likeness (QED) is 0.613. The minimum Gasteiger partial charge on any atom is -0.469 e. The van der Waals surface area contributed by atoms with Crippen LogP contribution >= 0.6 is 23.2 Å². The molecule has 0 aromatic heterocycles. The van der Waals surface area contributed by atoms with Gasteiger partial charge in [-0.2, -0.15) is 0 Å². The first kappa shape index (κ1) is 20.7. The SMILES string of the molecule is COC(=O)[C@H]1[C@H](OC(c2ccc(Cl)cc2)c2ccc(Cl)cc2)CC2CC[C@@H]1N2C. The zero-order chi connectivity index (χ0) is 20.5. The lowest BCUT2D eigenvalue weighted by Gasteiger charge is -2.42. The van der Waals surface area contributed by atoms with Crippen LogP contribution < -0.4 is 0 Å². The number of rotatable bonds is 5. The fraction of sp³-hybridized carbons (Fsp3) is 0.435. The molecule has 2 aliphatic heterocycles. The van der Waals surface area contributed by atoms with Crippen molar-refractivity contribution in [3.63, 3.8) is 0 Å². The van der Waals surface area contributed by atoms with Crippen molar-refractivity contribution >= 4 is 29.2 Å². The number of esters is 1. The van der Waals surface area contributed by atoms with Gasteiger partial charge in [-0.25, -0.2) is 0 Å². The molecular formula is C23H25Cl2NO3. The van der Waals surface area contributed by atoms with Gasteiger partial charge in [-0.1, -0.05) is 47.5 Å². The van der Waals surface area contributed by atoms with E-state index in [9.17, 15) is 4.79 Å². The molecule has 154 valence electrons. The molecule has 2 saturated heterocycles. The first-order valence-electron chi connectivity index (χ1n) is 9.94. The number of piperidine rings is 1. The van der Waals surface area contributed by atoms with Crippen LogP contribution in [0.15, 0.2) is 48.5 Å². The second kappa shape index (κ2) is 8.65. The summed E-state index contributed by atoms with van der Waals surface area (Å²) in [5.74, 6) is -0.496. The van der Waals surface area contributed by atoms with Crippen LogP contribution in [0.25, 0.3) is 0 Å². The molecule has 29 heavy (non-hydrogen) atoms. The fourth-order valence-corrected chi connectivity index (χ4v) is 5.06. The van der Waals surface area contributed by atoms with Crippen molar-refractivity contribution in [2.24, 2.45) is 5.92 Å². The Balaban J connectivity index is 1.68. The summed E-state index contributed by atoms with van der Waals surface area (Å²) in [7, 11) is 3.56. The molecule has 4 nitrogen and oxygen atoms in total. The highest BCUT2D eigenvalue weighted by atomic mass is 35.5. The summed E-state index contributed by atoms with van der Waals surface area (Å²) in [5, 5.41) is 1.35. The topological polar surface area (TPSA) is 38.8 Å². The second-order valence-electron chi connectivity index (χ2n) is 7.91. The third-order valence-corrected chi connectivity index (χ3v) is 6.85. The standard InChI is InChI=1S/C23H25Cl2NO3/c1-26-18-11-12-19(26)21(23(27)28-2)20(13-18)29-22(14-3-7-16(24)8-4-14)15-5-9-17(25)10-6-15/h3-10,18-22H,11-13H2,1-2H3/t18?,19-,20+,21+/m0/s1. The van der Waals surface area contributed by atoms with Gasteiger partial charge < -0.3 is 9.47 Å². The minimum atomic E-state index is -0.315. The third-order valence-electron chi connectivity index (χ3n) is 6.34. The number of ether oxygens (including phenoxy) is 2. The van der Waals surface area contributed by atoms with E-state index in [-0.39, 0.29) is 30.1 Å². The molecule has 4 atom stereocenters. The summed E-state index contributed by atoms with van der Waals surface area (Å²) < 4.78 is 11.9. The minimum absolute atomic E-state index is 0.155. The van der Waals surface area contributed by atoms with Crippen LogP contribution in [0.1, 0.15) is 36.5 Å². The van der Waals surface area contributed by atoms with Gasteiger partial charge in [0.1, 0.15) is 6.10 Å². The summed E-state index contributed by atoms with van der Waals surface area (Å²) in [6.07, 6.45) is 2.36. The number of benzene rings is 2. The fourth-order valence-electron chi connectivity index (χ4n) is 4.81. The molecule has 0 radical (unpaired) electrons. The van der Waals surface area contributed by atoms with Gasteiger partial charge in [0.2, 0.25) is 0 Å². The molecule has 0 saturated carbocycles. The van der Waals surface area contributed by atoms with E-state index < -0.39 is 0 Å². The van der Waals surface area contributed by atoms with Crippen molar-refractivity contribution in [2.45, 2.75) is 43.6 Å². The maximum Gasteiger partial charge on any atom is 0.312 e. The van der Waals surface area contributed by atoms with Gasteiger partial charge in [-0.05, 0) is 61.7 Å². The Morgan fingerprint density at radius 2 is 1.55 bits per heavy atom. The highest BCUT2D eigenvalue weighted by Gasteiger charge is 2.50. The lowest BCUT2D eigenvalue weighted by molar-refractivity contribution is -0.162. The molecule has 2 aromatic rings. The van der Waals surface area contributed by atoms with Crippen LogP contribution in [-0.4, -0.2) is 43.2 Å². The monoisotopic (exact) mass is 433 g/mol. The summed E-state index contributed by atoms with van der Waals surface area (Å²) in [6.45, 7) is 0. The van der Waals surface area contributed by atoms with Crippen molar-refractivity contribution in [1.29, 1.82) is 0 Å². The van der Waals surface area contributed by atoms with Gasteiger partial charge in [0.05, 0.1) is 19.1 Å². The van der Waals surface area contributed by atoms with Crippen LogP contribution in [0.4, 0.5) is 0 Å². The van der Waals surface area contributed by atoms with E-state index in [0.717, 1.165) is 30.4 Å². The van der Waals surface area contributed by atoms with E-state index in [1.165, 1.54) is 7.11 Å². The average Bonchev–Trinajstić information content (AvgIpc) is 2.96. The molecular weight excluding hydrogens is 409 g/mol. The zero-order valence-electron chi connectivity index (χ0n) is 16.6. The van der Waals surface area contributed by atoms with E-state index in [0.29, 0.717) is 16.1 Å². The number of fused-ring (bicyclic) bond motifs is 2. The van der Waals surface area contributed by atoms with Gasteiger partial charge in [0, 0.05) is 22.1 Å². The summed E-state index contributed by atoms with van der Waals surface area (Å²) in [5.41, 5.74) is 1.98. The number of methoxy groups -OCH3 is 1. The number of carbonyl (C=O) groups excluding carboxylic acids is 1. The first-order chi connectivity index (χ1) is 14.0. The summed E-state index contributed by atoms with van der Waals surface area (Å²) in [4.78, 5) is 15.0. The molecule has 2 heterocycles. The van der Waals surface area contributed by atoms with E-state index >= 15 is 0 Å². The van der Waals surface area contributed by atoms with Crippen molar-refractivity contribution in [2.75, 3.05) is 14.2 Å². The maximum absolute atomic E-state index is 12.7. The van der Waals surface area contributed by atoms with Gasteiger partial charge in [-0.3, -0.25) is 9.69 Å². The van der Waals surface area contributed by atoms with Crippen LogP contribution in [0.3, 0.4) is 0 Å². The molecule has 2 fully saturated rings. The third kappa shape index (κ3) is 4.17. The van der Waals surface area contributed by atoms with E-state index in [4.69, 9.17) is 32.7 Å². The van der Waals surface area contributed by atoms with Crippen LogP contribution in [0.5, 0.6) is 0 Å². The number of nitrogens with zero attached hydrogens (tertiary/aromatic N) is 1. The maximum atomic E-state index is 12.7. The normalized spacial score (nSPS) is 26.7. The number of hydrogen-bond acceptors (Lipinski definition) is 4. The second-order valence-corrected chi connectivity index (χ2v) is 8.78. The van der Waals surface area contributed by atoms with Crippen molar-refractivity contribution < 1.29 is 14.3 Å². The molecule has 1 unspecified atom stereocenters. The lowest BCUT2D eigenvalue weighted by Crippen LogP contribution is -2.53. The summed E-state index contributed by atoms with van der Waals surface area (Å²) >= 11 is 12.2. The molecule has 0 amide bonds. The Labute approximate surface area is 181 Å². The van der Waals surface area contributed by atoms with Gasteiger partial charge in [-0.15, -0.1) is 0 Å². The molecule has 4 rings (SSSR count). The number of hydrogen-bond donors (Lipinski definition) is 0. The average molecular weight is 434 g/mol. The Morgan fingerprint density at radius 3 is 2.07 bits per heavy atom. The van der Waals surface area contributed by atoms with E-state index in [1.54, 1.807) is 0 Å². The predicted octanol–water partition coefficient (Wildman–Crippen LogP) is 5.12. The number of carbonyl (C=O) groups is 1. The predicted molar refractivity (Wildman–Crippen MR) is 114 cm³/mol. The Morgan fingerprint density at radius 1 is 1.00 bits per heavy atom. The first-order valence-corrected chi connectivity index (χ1v) is 10.7. The van der Waals surface area contributed by atoms with Crippen molar-refractivity contribution in [3.8, 4) is 0 Å². The molecule has 0 N–H and O–H groups in total. The molecule has 2 aliphatic rings. The van der Waals surface area contributed by atoms with Crippen LogP contribution in [0.2, 0.25) is 10.0 Å².